The molecule has 0 radical (unpaired) electrons. The minimum absolute atomic E-state index is 0.187. The molecule has 21 heavy (non-hydrogen) atoms. The number of benzene rings is 1. The first-order chi connectivity index (χ1) is 10.2. The molecule has 0 saturated heterocycles. The van der Waals surface area contributed by atoms with Crippen LogP contribution in [-0.2, 0) is 14.4 Å². The van der Waals surface area contributed by atoms with Gasteiger partial charge in [-0.15, -0.1) is 0 Å². The minimum Gasteiger partial charge on any atom is -0.468 e. The summed E-state index contributed by atoms with van der Waals surface area (Å²) in [6.07, 6.45) is 3.14. The lowest BCUT2D eigenvalue weighted by Gasteiger charge is -2.06. The number of carbonyl (C=O) groups is 2. The van der Waals surface area contributed by atoms with Crippen molar-refractivity contribution in [3.05, 3.63) is 42.5 Å². The van der Waals surface area contributed by atoms with Gasteiger partial charge >= 0.3 is 12.0 Å². The number of rotatable bonds is 7. The van der Waals surface area contributed by atoms with Crippen LogP contribution in [0.4, 0.5) is 10.5 Å². The summed E-state index contributed by atoms with van der Waals surface area (Å²) in [6.45, 7) is 3.66. The lowest BCUT2D eigenvalue weighted by atomic mass is 10.2. The molecule has 0 spiro atoms. The first-order valence-corrected chi connectivity index (χ1v) is 6.13. The summed E-state index contributed by atoms with van der Waals surface area (Å²) in [5.41, 5.74) is 1.40. The number of urea groups is 1. The van der Waals surface area contributed by atoms with Gasteiger partial charge in [0.15, 0.2) is 0 Å². The normalized spacial score (nSPS) is 9.95. The van der Waals surface area contributed by atoms with Crippen LogP contribution in [0.25, 0.3) is 0 Å². The fraction of sp³-hybridized carbons (Fsp3) is 0.214. The highest BCUT2D eigenvalue weighted by molar-refractivity contribution is 5.91. The second-order valence-corrected chi connectivity index (χ2v) is 3.82. The molecule has 1 aromatic carbocycles. The smallest absolute Gasteiger partial charge is 0.325 e. The fourth-order valence-electron chi connectivity index (χ4n) is 1.25. The molecular weight excluding hydrogens is 274 g/mol. The van der Waals surface area contributed by atoms with Gasteiger partial charge in [-0.3, -0.25) is 4.79 Å². The summed E-state index contributed by atoms with van der Waals surface area (Å²) in [7, 11) is 1.25. The largest absolute Gasteiger partial charge is 0.468 e. The van der Waals surface area contributed by atoms with E-state index in [1.807, 2.05) is 0 Å². The van der Waals surface area contributed by atoms with Crippen molar-refractivity contribution in [1.29, 1.82) is 0 Å². The van der Waals surface area contributed by atoms with E-state index < -0.39 is 12.0 Å². The molecule has 0 atom stereocenters. The Bertz CT molecular complexity index is 511. The van der Waals surface area contributed by atoms with Crippen molar-refractivity contribution in [3.8, 4) is 0 Å². The third kappa shape index (κ3) is 6.76. The van der Waals surface area contributed by atoms with Crippen LogP contribution in [-0.4, -0.2) is 38.5 Å². The molecule has 0 bridgehead atoms. The predicted octanol–water partition coefficient (Wildman–Crippen LogP) is 1.52. The van der Waals surface area contributed by atoms with Gasteiger partial charge in [0.25, 0.3) is 0 Å². The van der Waals surface area contributed by atoms with Crippen LogP contribution >= 0.6 is 0 Å². The molecular formula is C14H17N3O4. The first kappa shape index (κ1) is 16.2. The van der Waals surface area contributed by atoms with Crippen LogP contribution < -0.4 is 10.6 Å². The first-order valence-electron chi connectivity index (χ1n) is 6.13. The van der Waals surface area contributed by atoms with Gasteiger partial charge in [0.2, 0.25) is 0 Å². The number of oxime groups is 1. The fourth-order valence-corrected chi connectivity index (χ4v) is 1.25. The molecule has 2 amide bonds. The summed E-state index contributed by atoms with van der Waals surface area (Å²) in [4.78, 5) is 27.2. The molecule has 112 valence electrons. The van der Waals surface area contributed by atoms with Gasteiger partial charge in [-0.25, -0.2) is 4.79 Å². The minimum atomic E-state index is -0.517. The highest BCUT2D eigenvalue weighted by atomic mass is 16.6. The zero-order valence-electron chi connectivity index (χ0n) is 11.7. The number of nitrogens with one attached hydrogen (secondary N) is 2. The maximum absolute atomic E-state index is 11.5. The number of hydrogen-bond acceptors (Lipinski definition) is 5. The van der Waals surface area contributed by atoms with Gasteiger partial charge < -0.3 is 20.2 Å². The van der Waals surface area contributed by atoms with E-state index in [2.05, 4.69) is 27.1 Å². The van der Waals surface area contributed by atoms with E-state index in [9.17, 15) is 9.59 Å². The van der Waals surface area contributed by atoms with Gasteiger partial charge in [0, 0.05) is 5.69 Å². The monoisotopic (exact) mass is 291 g/mol. The Hall–Kier alpha value is -2.83. The SMILES string of the molecule is C=CCON=Cc1ccc(NC(=O)NCC(=O)OC)cc1. The lowest BCUT2D eigenvalue weighted by molar-refractivity contribution is -0.139. The molecule has 0 fully saturated rings. The number of esters is 1. The topological polar surface area (TPSA) is 89.0 Å². The van der Waals surface area contributed by atoms with Gasteiger partial charge in [-0.2, -0.15) is 0 Å². The van der Waals surface area contributed by atoms with Crippen LogP contribution in [0.5, 0.6) is 0 Å². The Morgan fingerprint density at radius 2 is 2.05 bits per heavy atom. The Labute approximate surface area is 122 Å². The molecule has 0 aliphatic rings. The summed E-state index contributed by atoms with van der Waals surface area (Å²) < 4.78 is 4.41. The molecule has 0 heterocycles. The van der Waals surface area contributed by atoms with Crippen molar-refractivity contribution < 1.29 is 19.2 Å². The average Bonchev–Trinajstić information content (AvgIpc) is 2.50. The summed E-state index contributed by atoms with van der Waals surface area (Å²) in [5.74, 6) is -0.517. The van der Waals surface area contributed by atoms with E-state index in [1.165, 1.54) is 7.11 Å². The predicted molar refractivity (Wildman–Crippen MR) is 79.2 cm³/mol. The van der Waals surface area contributed by atoms with Gasteiger partial charge in [-0.1, -0.05) is 29.9 Å². The van der Waals surface area contributed by atoms with Crippen molar-refractivity contribution in [2.75, 3.05) is 25.6 Å². The number of anilines is 1. The van der Waals surface area contributed by atoms with Crippen molar-refractivity contribution in [2.45, 2.75) is 0 Å². The molecule has 2 N–H and O–H groups in total. The second kappa shape index (κ2) is 9.13. The number of methoxy groups -OCH3 is 1. The molecule has 1 rings (SSSR count). The van der Waals surface area contributed by atoms with E-state index in [0.29, 0.717) is 12.3 Å². The van der Waals surface area contributed by atoms with Crippen molar-refractivity contribution in [3.63, 3.8) is 0 Å². The number of ether oxygens (including phenoxy) is 1. The van der Waals surface area contributed by atoms with Gasteiger partial charge in [0.1, 0.15) is 13.2 Å². The number of carbonyl (C=O) groups excluding carboxylic acids is 2. The van der Waals surface area contributed by atoms with Crippen LogP contribution in [0.2, 0.25) is 0 Å². The van der Waals surface area contributed by atoms with Crippen molar-refractivity contribution in [2.24, 2.45) is 5.16 Å². The van der Waals surface area contributed by atoms with Gasteiger partial charge in [0.05, 0.1) is 13.3 Å². The third-order valence-corrected chi connectivity index (χ3v) is 2.26. The van der Waals surface area contributed by atoms with Crippen LogP contribution in [0.1, 0.15) is 5.56 Å². The van der Waals surface area contributed by atoms with E-state index in [0.717, 1.165) is 5.56 Å². The molecule has 0 aromatic heterocycles. The van der Waals surface area contributed by atoms with Crippen molar-refractivity contribution >= 4 is 23.9 Å². The van der Waals surface area contributed by atoms with Gasteiger partial charge in [-0.05, 0) is 17.7 Å². The number of nitrogens with zero attached hydrogens (tertiary/aromatic N) is 1. The van der Waals surface area contributed by atoms with Crippen LogP contribution in [0.3, 0.4) is 0 Å². The molecule has 0 saturated carbocycles. The van der Waals surface area contributed by atoms with E-state index in [-0.39, 0.29) is 6.54 Å². The van der Waals surface area contributed by atoms with E-state index in [4.69, 9.17) is 4.84 Å². The second-order valence-electron chi connectivity index (χ2n) is 3.82. The number of hydrogen-bond donors (Lipinski definition) is 2. The quantitative estimate of drug-likeness (QED) is 0.262. The summed E-state index contributed by atoms with van der Waals surface area (Å²) in [6, 6.07) is 6.43. The molecule has 0 unspecified atom stereocenters. The standard InChI is InChI=1S/C14H17N3O4/c1-3-8-21-16-9-11-4-6-12(7-5-11)17-14(19)15-10-13(18)20-2/h3-7,9H,1,8,10H2,2H3,(H2,15,17,19). The maximum Gasteiger partial charge on any atom is 0.325 e. The Kier molecular flexibility index (Phi) is 7.06. The molecule has 7 heteroatoms. The van der Waals surface area contributed by atoms with Crippen LogP contribution in [0, 0.1) is 0 Å². The highest BCUT2D eigenvalue weighted by Crippen LogP contribution is 2.08. The molecule has 1 aromatic rings. The molecule has 0 aliphatic carbocycles. The highest BCUT2D eigenvalue weighted by Gasteiger charge is 2.04. The number of amides is 2. The maximum atomic E-state index is 11.5. The van der Waals surface area contributed by atoms with E-state index in [1.54, 1.807) is 36.6 Å². The zero-order chi connectivity index (χ0) is 15.5. The Morgan fingerprint density at radius 1 is 1.33 bits per heavy atom. The lowest BCUT2D eigenvalue weighted by Crippen LogP contribution is -2.33. The Balaban J connectivity index is 2.43. The van der Waals surface area contributed by atoms with Crippen molar-refractivity contribution in [1.82, 2.24) is 5.32 Å². The Morgan fingerprint density at radius 3 is 2.67 bits per heavy atom. The average molecular weight is 291 g/mol. The van der Waals surface area contributed by atoms with E-state index >= 15 is 0 Å². The summed E-state index contributed by atoms with van der Waals surface area (Å²) in [5, 5.41) is 8.68. The molecule has 7 nitrogen and oxygen atoms in total. The summed E-state index contributed by atoms with van der Waals surface area (Å²) >= 11 is 0. The zero-order valence-corrected chi connectivity index (χ0v) is 11.7. The molecule has 0 aliphatic heterocycles. The third-order valence-electron chi connectivity index (χ3n) is 2.26. The van der Waals surface area contributed by atoms with Crippen LogP contribution in [0.15, 0.2) is 42.1 Å².